The van der Waals surface area contributed by atoms with E-state index in [0.29, 0.717) is 6.54 Å². The third kappa shape index (κ3) is 3.00. The minimum atomic E-state index is -1.18. The summed E-state index contributed by atoms with van der Waals surface area (Å²) >= 11 is 0. The molecule has 0 atom stereocenters. The van der Waals surface area contributed by atoms with Crippen LogP contribution in [0, 0.1) is 0 Å². The van der Waals surface area contributed by atoms with Crippen molar-refractivity contribution >= 4 is 11.9 Å². The molecule has 5 heteroatoms. The molecule has 1 heterocycles. The van der Waals surface area contributed by atoms with Gasteiger partial charge in [0, 0.05) is 6.54 Å². The molecule has 1 aromatic rings. The summed E-state index contributed by atoms with van der Waals surface area (Å²) < 4.78 is 4.90. The van der Waals surface area contributed by atoms with E-state index in [0.717, 1.165) is 19.3 Å². The van der Waals surface area contributed by atoms with Crippen LogP contribution in [0.15, 0.2) is 28.2 Å². The Morgan fingerprint density at radius 3 is 2.72 bits per heavy atom. The van der Waals surface area contributed by atoms with Crippen molar-refractivity contribution < 1.29 is 19.1 Å². The number of carbonyl (C=O) groups excluding carboxylic acids is 1. The smallest absolute Gasteiger partial charge is 0.371 e. The van der Waals surface area contributed by atoms with E-state index in [1.807, 2.05) is 0 Å². The Bertz CT molecular complexity index is 487. The lowest BCUT2D eigenvalue weighted by Gasteiger charge is -2.03. The Kier molecular flexibility index (Phi) is 3.82. The summed E-state index contributed by atoms with van der Waals surface area (Å²) in [4.78, 5) is 22.2. The van der Waals surface area contributed by atoms with Crippen LogP contribution in [0.3, 0.4) is 0 Å². The molecule has 2 N–H and O–H groups in total. The van der Waals surface area contributed by atoms with Crippen molar-refractivity contribution in [1.29, 1.82) is 0 Å². The summed E-state index contributed by atoms with van der Waals surface area (Å²) in [5.41, 5.74) is 1.38. The lowest BCUT2D eigenvalue weighted by atomic mass is 10.2. The number of furan rings is 1. The van der Waals surface area contributed by atoms with Crippen LogP contribution in [0.4, 0.5) is 0 Å². The number of hydrogen-bond acceptors (Lipinski definition) is 3. The van der Waals surface area contributed by atoms with E-state index in [2.05, 4.69) is 11.4 Å². The van der Waals surface area contributed by atoms with Crippen LogP contribution in [-0.2, 0) is 0 Å². The van der Waals surface area contributed by atoms with Crippen molar-refractivity contribution in [3.63, 3.8) is 0 Å². The molecule has 96 valence electrons. The van der Waals surface area contributed by atoms with Gasteiger partial charge in [-0.2, -0.15) is 0 Å². The van der Waals surface area contributed by atoms with Gasteiger partial charge in [-0.1, -0.05) is 11.6 Å². The molecule has 1 aliphatic rings. The average Bonchev–Trinajstić information content (AvgIpc) is 2.99. The second-order valence-corrected chi connectivity index (χ2v) is 4.23. The van der Waals surface area contributed by atoms with E-state index in [1.54, 1.807) is 0 Å². The molecular weight excluding hydrogens is 234 g/mol. The predicted molar refractivity (Wildman–Crippen MR) is 64.6 cm³/mol. The van der Waals surface area contributed by atoms with Gasteiger partial charge in [0.2, 0.25) is 5.76 Å². The Labute approximate surface area is 104 Å². The van der Waals surface area contributed by atoms with Crippen molar-refractivity contribution in [3.05, 3.63) is 35.3 Å². The van der Waals surface area contributed by atoms with Crippen LogP contribution in [0.25, 0.3) is 0 Å². The average molecular weight is 249 g/mol. The number of aromatic carboxylic acids is 1. The number of carbonyl (C=O) groups is 2. The first-order valence-corrected chi connectivity index (χ1v) is 5.96. The van der Waals surface area contributed by atoms with Gasteiger partial charge >= 0.3 is 5.97 Å². The number of carboxylic acids is 1. The number of carboxylic acid groups (broad SMARTS) is 1. The maximum absolute atomic E-state index is 11.6. The van der Waals surface area contributed by atoms with Crippen molar-refractivity contribution in [2.45, 2.75) is 25.7 Å². The van der Waals surface area contributed by atoms with Gasteiger partial charge in [0.1, 0.15) is 0 Å². The highest BCUT2D eigenvalue weighted by Crippen LogP contribution is 2.19. The van der Waals surface area contributed by atoms with Gasteiger partial charge in [0.05, 0.1) is 0 Å². The highest BCUT2D eigenvalue weighted by molar-refractivity contribution is 5.93. The molecule has 5 nitrogen and oxygen atoms in total. The van der Waals surface area contributed by atoms with Crippen molar-refractivity contribution in [3.8, 4) is 0 Å². The molecule has 0 saturated carbocycles. The van der Waals surface area contributed by atoms with Crippen LogP contribution in [-0.4, -0.2) is 23.5 Å². The monoisotopic (exact) mass is 249 g/mol. The molecule has 0 spiro atoms. The first kappa shape index (κ1) is 12.4. The predicted octanol–water partition coefficient (Wildman–Crippen LogP) is 2.21. The summed E-state index contributed by atoms with van der Waals surface area (Å²) in [7, 11) is 0. The second-order valence-electron chi connectivity index (χ2n) is 4.23. The van der Waals surface area contributed by atoms with E-state index >= 15 is 0 Å². The molecule has 1 amide bonds. The van der Waals surface area contributed by atoms with Crippen LogP contribution in [0.2, 0.25) is 0 Å². The fourth-order valence-electron chi connectivity index (χ4n) is 1.96. The minimum absolute atomic E-state index is 0.0350. The fourth-order valence-corrected chi connectivity index (χ4v) is 1.96. The number of amides is 1. The Morgan fingerprint density at radius 1 is 1.33 bits per heavy atom. The molecule has 1 aliphatic carbocycles. The van der Waals surface area contributed by atoms with Gasteiger partial charge < -0.3 is 14.8 Å². The Balaban J connectivity index is 1.81. The van der Waals surface area contributed by atoms with Crippen LogP contribution in [0.1, 0.15) is 46.8 Å². The van der Waals surface area contributed by atoms with Crippen molar-refractivity contribution in [1.82, 2.24) is 5.32 Å². The first-order valence-electron chi connectivity index (χ1n) is 5.96. The zero-order chi connectivity index (χ0) is 13.0. The summed E-state index contributed by atoms with van der Waals surface area (Å²) in [6.07, 6.45) is 6.49. The Hall–Kier alpha value is -2.04. The minimum Gasteiger partial charge on any atom is -0.475 e. The second kappa shape index (κ2) is 5.53. The van der Waals surface area contributed by atoms with Gasteiger partial charge in [-0.15, -0.1) is 0 Å². The maximum Gasteiger partial charge on any atom is 0.371 e. The molecular formula is C13H15NO4. The van der Waals surface area contributed by atoms with Gasteiger partial charge in [0.25, 0.3) is 5.91 Å². The van der Waals surface area contributed by atoms with E-state index in [9.17, 15) is 9.59 Å². The molecule has 0 aromatic carbocycles. The fraction of sp³-hybridized carbons (Fsp3) is 0.385. The molecule has 1 aromatic heterocycles. The molecule has 0 radical (unpaired) electrons. The number of hydrogen-bond donors (Lipinski definition) is 2. The van der Waals surface area contributed by atoms with Gasteiger partial charge in [-0.05, 0) is 37.8 Å². The topological polar surface area (TPSA) is 79.5 Å². The summed E-state index contributed by atoms with van der Waals surface area (Å²) in [5, 5.41) is 11.4. The molecule has 0 fully saturated rings. The van der Waals surface area contributed by atoms with Crippen LogP contribution >= 0.6 is 0 Å². The lowest BCUT2D eigenvalue weighted by molar-refractivity contribution is 0.0659. The summed E-state index contributed by atoms with van der Waals surface area (Å²) in [6.45, 7) is 0.549. The standard InChI is InChI=1S/C13H15NO4/c15-12(10-5-6-11(18-10)13(16)17)14-8-7-9-3-1-2-4-9/h3,5-6H,1-2,4,7-8H2,(H,14,15)(H,16,17). The largest absolute Gasteiger partial charge is 0.475 e. The van der Waals surface area contributed by atoms with Gasteiger partial charge in [-0.3, -0.25) is 4.79 Å². The lowest BCUT2D eigenvalue weighted by Crippen LogP contribution is -2.24. The number of nitrogens with one attached hydrogen (secondary N) is 1. The normalized spacial score (nSPS) is 14.3. The number of allylic oxidation sites excluding steroid dienone is 1. The van der Waals surface area contributed by atoms with Crippen LogP contribution < -0.4 is 5.32 Å². The van der Waals surface area contributed by atoms with E-state index in [4.69, 9.17) is 9.52 Å². The van der Waals surface area contributed by atoms with Crippen LogP contribution in [0.5, 0.6) is 0 Å². The van der Waals surface area contributed by atoms with Gasteiger partial charge in [-0.25, -0.2) is 4.79 Å². The zero-order valence-corrected chi connectivity index (χ0v) is 9.94. The van der Waals surface area contributed by atoms with E-state index in [-0.39, 0.29) is 17.4 Å². The molecule has 2 rings (SSSR count). The summed E-state index contributed by atoms with van der Waals surface area (Å²) in [6, 6.07) is 2.64. The summed E-state index contributed by atoms with van der Waals surface area (Å²) in [5.74, 6) is -1.74. The molecule has 0 aliphatic heterocycles. The maximum atomic E-state index is 11.6. The Morgan fingerprint density at radius 2 is 2.11 bits per heavy atom. The van der Waals surface area contributed by atoms with Crippen molar-refractivity contribution in [2.24, 2.45) is 0 Å². The van der Waals surface area contributed by atoms with E-state index in [1.165, 1.54) is 24.1 Å². The highest BCUT2D eigenvalue weighted by Gasteiger charge is 2.14. The third-order valence-corrected chi connectivity index (χ3v) is 2.91. The highest BCUT2D eigenvalue weighted by atomic mass is 16.4. The molecule has 0 unspecified atom stereocenters. The van der Waals surface area contributed by atoms with E-state index < -0.39 is 5.97 Å². The molecule has 18 heavy (non-hydrogen) atoms. The first-order chi connectivity index (χ1) is 8.66. The molecule has 0 saturated heterocycles. The zero-order valence-electron chi connectivity index (χ0n) is 9.94. The molecule has 0 bridgehead atoms. The third-order valence-electron chi connectivity index (χ3n) is 2.91. The quantitative estimate of drug-likeness (QED) is 0.784. The van der Waals surface area contributed by atoms with Crippen molar-refractivity contribution in [2.75, 3.05) is 6.54 Å². The number of rotatable bonds is 5. The van der Waals surface area contributed by atoms with Gasteiger partial charge in [0.15, 0.2) is 5.76 Å². The SMILES string of the molecule is O=C(O)c1ccc(C(=O)NCCC2=CCCC2)o1.